The molecule has 1 amide bonds. The van der Waals surface area contributed by atoms with Gasteiger partial charge in [0.25, 0.3) is 5.91 Å². The van der Waals surface area contributed by atoms with E-state index in [1.165, 1.54) is 10.8 Å². The molecule has 7 heteroatoms. The molecule has 1 N–H and O–H groups in total. The summed E-state index contributed by atoms with van der Waals surface area (Å²) in [5.74, 6) is 1.15. The minimum absolute atomic E-state index is 0.300. The molecular weight excluding hydrogens is 642 g/mol. The summed E-state index contributed by atoms with van der Waals surface area (Å²) in [6, 6.07) is 25.6. The number of nitrogens with one attached hydrogen (secondary N) is 1. The van der Waals surface area contributed by atoms with Crippen LogP contribution >= 0.6 is 45.2 Å². The summed E-state index contributed by atoms with van der Waals surface area (Å²) < 4.78 is 13.2. The molecule has 0 bridgehead atoms. The second kappa shape index (κ2) is 11.0. The average Bonchev–Trinajstić information content (AvgIpc) is 2.83. The molecule has 0 fully saturated rings. The first kappa shape index (κ1) is 23.5. The number of benzene rings is 4. The van der Waals surface area contributed by atoms with Crippen molar-refractivity contribution in [2.45, 2.75) is 6.61 Å². The lowest BCUT2D eigenvalue weighted by molar-refractivity contribution is 0.0954. The van der Waals surface area contributed by atoms with Gasteiger partial charge in [-0.1, -0.05) is 42.5 Å². The van der Waals surface area contributed by atoms with Crippen molar-refractivity contribution >= 4 is 68.1 Å². The van der Waals surface area contributed by atoms with Crippen LogP contribution in [0.4, 0.5) is 0 Å². The fourth-order valence-corrected chi connectivity index (χ4v) is 4.57. The van der Waals surface area contributed by atoms with Crippen LogP contribution in [0, 0.1) is 7.14 Å². The summed E-state index contributed by atoms with van der Waals surface area (Å²) in [6.07, 6.45) is 1.61. The topological polar surface area (TPSA) is 59.9 Å². The maximum absolute atomic E-state index is 12.3. The third kappa shape index (κ3) is 5.83. The van der Waals surface area contributed by atoms with Gasteiger partial charge in [0.1, 0.15) is 18.1 Å². The van der Waals surface area contributed by atoms with Gasteiger partial charge in [-0.3, -0.25) is 4.79 Å². The molecule has 4 aromatic carbocycles. The molecule has 4 rings (SSSR count). The van der Waals surface area contributed by atoms with E-state index in [4.69, 9.17) is 9.47 Å². The predicted octanol–water partition coefficient (Wildman–Crippen LogP) is 6.40. The van der Waals surface area contributed by atoms with E-state index in [-0.39, 0.29) is 5.91 Å². The van der Waals surface area contributed by atoms with Crippen molar-refractivity contribution in [3.05, 3.63) is 103 Å². The van der Waals surface area contributed by atoms with Crippen molar-refractivity contribution in [2.75, 3.05) is 7.11 Å². The van der Waals surface area contributed by atoms with Crippen molar-refractivity contribution in [3.8, 4) is 11.5 Å². The molecule has 0 spiro atoms. The SMILES string of the molecule is COc1cc(C(=O)N/N=C\c2ccc(OCc3cccc4ccccc34)c(I)c2)ccc1I. The number of rotatable bonds is 7. The molecule has 0 aliphatic heterocycles. The Morgan fingerprint density at radius 1 is 0.939 bits per heavy atom. The van der Waals surface area contributed by atoms with Gasteiger partial charge in [-0.25, -0.2) is 5.43 Å². The van der Waals surface area contributed by atoms with Gasteiger partial charge in [-0.05, 0) is 103 Å². The first-order valence-electron chi connectivity index (χ1n) is 10.1. The highest BCUT2D eigenvalue weighted by Crippen LogP contribution is 2.25. The monoisotopic (exact) mass is 662 g/mol. The Labute approximate surface area is 219 Å². The number of nitrogens with zero attached hydrogens (tertiary/aromatic N) is 1. The molecule has 0 radical (unpaired) electrons. The van der Waals surface area contributed by atoms with Crippen LogP contribution in [0.25, 0.3) is 10.8 Å². The van der Waals surface area contributed by atoms with Crippen LogP contribution in [0.15, 0.2) is 84.0 Å². The largest absolute Gasteiger partial charge is 0.496 e. The van der Waals surface area contributed by atoms with Crippen LogP contribution in [0.2, 0.25) is 0 Å². The second-order valence-corrected chi connectivity index (χ2v) is 9.49. The first-order chi connectivity index (χ1) is 16.0. The van der Waals surface area contributed by atoms with E-state index in [1.807, 2.05) is 42.5 Å². The number of fused-ring (bicyclic) bond motifs is 1. The Kier molecular flexibility index (Phi) is 7.81. The summed E-state index contributed by atoms with van der Waals surface area (Å²) in [6.45, 7) is 0.486. The van der Waals surface area contributed by atoms with Crippen molar-refractivity contribution in [1.29, 1.82) is 0 Å². The molecule has 33 heavy (non-hydrogen) atoms. The van der Waals surface area contributed by atoms with Gasteiger partial charge >= 0.3 is 0 Å². The average molecular weight is 662 g/mol. The maximum atomic E-state index is 12.3. The zero-order valence-corrected chi connectivity index (χ0v) is 22.0. The fraction of sp³-hybridized carbons (Fsp3) is 0.0769. The molecule has 0 heterocycles. The summed E-state index contributed by atoms with van der Waals surface area (Å²) in [5, 5.41) is 6.48. The molecule has 0 unspecified atom stereocenters. The van der Waals surface area contributed by atoms with Crippen LogP contribution in [0.3, 0.4) is 0 Å². The number of halogens is 2. The van der Waals surface area contributed by atoms with E-state index in [2.05, 4.69) is 80.0 Å². The molecule has 0 aliphatic rings. The molecule has 0 aromatic heterocycles. The summed E-state index contributed by atoms with van der Waals surface area (Å²) in [7, 11) is 1.58. The van der Waals surface area contributed by atoms with Crippen molar-refractivity contribution in [1.82, 2.24) is 5.43 Å². The third-order valence-corrected chi connectivity index (χ3v) is 6.75. The zero-order valence-electron chi connectivity index (χ0n) is 17.7. The van der Waals surface area contributed by atoms with Gasteiger partial charge in [0.2, 0.25) is 0 Å². The van der Waals surface area contributed by atoms with Crippen LogP contribution in [0.5, 0.6) is 11.5 Å². The van der Waals surface area contributed by atoms with Crippen molar-refractivity contribution in [2.24, 2.45) is 5.10 Å². The first-order valence-corrected chi connectivity index (χ1v) is 12.3. The maximum Gasteiger partial charge on any atom is 0.271 e. The second-order valence-electron chi connectivity index (χ2n) is 7.17. The highest BCUT2D eigenvalue weighted by molar-refractivity contribution is 14.1. The highest BCUT2D eigenvalue weighted by Gasteiger charge is 2.09. The number of hydrogen-bond donors (Lipinski definition) is 1. The van der Waals surface area contributed by atoms with Gasteiger partial charge in [0, 0.05) is 5.56 Å². The zero-order chi connectivity index (χ0) is 23.2. The number of ether oxygens (including phenoxy) is 2. The molecule has 0 aliphatic carbocycles. The van der Waals surface area contributed by atoms with Crippen LogP contribution in [-0.2, 0) is 6.61 Å². The Hall–Kier alpha value is -2.66. The van der Waals surface area contributed by atoms with Gasteiger partial charge in [0.05, 0.1) is 20.5 Å². The van der Waals surface area contributed by atoms with Crippen LogP contribution in [0.1, 0.15) is 21.5 Å². The molecule has 0 saturated carbocycles. The lowest BCUT2D eigenvalue weighted by Crippen LogP contribution is -2.17. The molecule has 166 valence electrons. The minimum Gasteiger partial charge on any atom is -0.496 e. The third-order valence-electron chi connectivity index (χ3n) is 5.01. The number of hydrazone groups is 1. The smallest absolute Gasteiger partial charge is 0.271 e. The van der Waals surface area contributed by atoms with Gasteiger partial charge in [-0.2, -0.15) is 5.10 Å². The van der Waals surface area contributed by atoms with E-state index in [0.29, 0.717) is 17.9 Å². The molecular formula is C26H20I2N2O3. The Morgan fingerprint density at radius 3 is 2.58 bits per heavy atom. The molecule has 0 atom stereocenters. The molecule has 4 aromatic rings. The van der Waals surface area contributed by atoms with E-state index in [1.54, 1.807) is 25.5 Å². The highest BCUT2D eigenvalue weighted by atomic mass is 127. The summed E-state index contributed by atoms with van der Waals surface area (Å²) in [5.41, 5.74) is 5.04. The van der Waals surface area contributed by atoms with E-state index < -0.39 is 0 Å². The number of carbonyl (C=O) groups excluding carboxylic acids is 1. The van der Waals surface area contributed by atoms with Gasteiger partial charge in [-0.15, -0.1) is 0 Å². The normalized spacial score (nSPS) is 11.0. The van der Waals surface area contributed by atoms with Crippen LogP contribution in [-0.4, -0.2) is 19.2 Å². The number of methoxy groups -OCH3 is 1. The molecule has 5 nitrogen and oxygen atoms in total. The lowest BCUT2D eigenvalue weighted by atomic mass is 10.1. The number of hydrogen-bond acceptors (Lipinski definition) is 4. The number of amides is 1. The van der Waals surface area contributed by atoms with Crippen molar-refractivity contribution < 1.29 is 14.3 Å². The van der Waals surface area contributed by atoms with E-state index >= 15 is 0 Å². The lowest BCUT2D eigenvalue weighted by Gasteiger charge is -2.11. The van der Waals surface area contributed by atoms with Crippen molar-refractivity contribution in [3.63, 3.8) is 0 Å². The molecule has 0 saturated heterocycles. The summed E-state index contributed by atoms with van der Waals surface area (Å²) in [4.78, 5) is 12.3. The van der Waals surface area contributed by atoms with Crippen LogP contribution < -0.4 is 14.9 Å². The minimum atomic E-state index is -0.300. The Bertz CT molecular complexity index is 1330. The summed E-state index contributed by atoms with van der Waals surface area (Å²) >= 11 is 4.40. The predicted molar refractivity (Wildman–Crippen MR) is 148 cm³/mol. The number of carbonyl (C=O) groups is 1. The van der Waals surface area contributed by atoms with E-state index in [0.717, 1.165) is 24.0 Å². The Morgan fingerprint density at radius 2 is 1.76 bits per heavy atom. The Balaban J connectivity index is 1.39. The quantitative estimate of drug-likeness (QED) is 0.142. The van der Waals surface area contributed by atoms with Gasteiger partial charge in [0.15, 0.2) is 0 Å². The standard InChI is InChI=1S/C26H20I2N2O3/c1-32-25-14-19(10-11-22(25)27)26(31)30-29-15-17-9-12-24(23(28)13-17)33-16-20-7-4-6-18-5-2-3-8-21(18)20/h2-15H,16H2,1H3,(H,30,31)/b29-15-. The fourth-order valence-electron chi connectivity index (χ4n) is 3.32. The van der Waals surface area contributed by atoms with Gasteiger partial charge < -0.3 is 9.47 Å². The van der Waals surface area contributed by atoms with E-state index in [9.17, 15) is 4.79 Å².